The van der Waals surface area contributed by atoms with E-state index in [1.807, 2.05) is 55.8 Å². The number of hydrogen-bond acceptors (Lipinski definition) is 4. The molecule has 0 aliphatic heterocycles. The van der Waals surface area contributed by atoms with E-state index in [9.17, 15) is 8.42 Å². The van der Waals surface area contributed by atoms with Gasteiger partial charge in [0.05, 0.1) is 18.4 Å². The van der Waals surface area contributed by atoms with Crippen LogP contribution in [-0.2, 0) is 25.6 Å². The van der Waals surface area contributed by atoms with Crippen molar-refractivity contribution in [1.29, 1.82) is 0 Å². The number of hydrogen-bond donors (Lipinski definition) is 0. The highest BCUT2D eigenvalue weighted by Gasteiger charge is 2.15. The molecule has 0 saturated heterocycles. The summed E-state index contributed by atoms with van der Waals surface area (Å²) in [5.41, 5.74) is 1.35. The number of nitrogens with zero attached hydrogens (tertiary/aromatic N) is 1. The molecule has 0 aliphatic rings. The smallest absolute Gasteiger partial charge is 0.264 e. The van der Waals surface area contributed by atoms with Crippen LogP contribution in [0.2, 0.25) is 0 Å². The summed E-state index contributed by atoms with van der Waals surface area (Å²) >= 11 is 0. The van der Waals surface area contributed by atoms with Crippen molar-refractivity contribution in [2.75, 3.05) is 6.26 Å². The molecule has 0 unspecified atom stereocenters. The molecular formula is C16H21NO4S. The second-order valence-corrected chi connectivity index (χ2v) is 7.75. The largest absolute Gasteiger partial charge is 0.473 e. The minimum Gasteiger partial charge on any atom is -0.473 e. The quantitative estimate of drug-likeness (QED) is 0.625. The SMILES string of the molecule is C=C(OC(C)(C)C)n1ccc2c(COS(C)(=O)=O)cccc21. The molecule has 0 saturated carbocycles. The van der Waals surface area contributed by atoms with Gasteiger partial charge in [0.1, 0.15) is 5.60 Å². The molecule has 2 aromatic rings. The third-order valence-corrected chi connectivity index (χ3v) is 3.49. The summed E-state index contributed by atoms with van der Waals surface area (Å²) < 4.78 is 34.8. The molecule has 1 aromatic carbocycles. The first kappa shape index (κ1) is 16.6. The van der Waals surface area contributed by atoms with Crippen LogP contribution in [0.3, 0.4) is 0 Å². The normalized spacial score (nSPS) is 12.5. The van der Waals surface area contributed by atoms with E-state index in [4.69, 9.17) is 8.92 Å². The Morgan fingerprint density at radius 3 is 2.55 bits per heavy atom. The summed E-state index contributed by atoms with van der Waals surface area (Å²) in [7, 11) is -3.47. The second kappa shape index (κ2) is 5.78. The number of fused-ring (bicyclic) bond motifs is 1. The Morgan fingerprint density at radius 2 is 1.95 bits per heavy atom. The van der Waals surface area contributed by atoms with Crippen molar-refractivity contribution in [3.8, 4) is 0 Å². The Kier molecular flexibility index (Phi) is 4.35. The Balaban J connectivity index is 2.35. The van der Waals surface area contributed by atoms with Crippen molar-refractivity contribution < 1.29 is 17.3 Å². The summed E-state index contributed by atoms with van der Waals surface area (Å²) in [4.78, 5) is 0. The molecule has 0 aliphatic carbocycles. The maximum atomic E-state index is 11.1. The van der Waals surface area contributed by atoms with E-state index in [2.05, 4.69) is 6.58 Å². The van der Waals surface area contributed by atoms with Crippen molar-refractivity contribution in [1.82, 2.24) is 4.57 Å². The first-order valence-electron chi connectivity index (χ1n) is 6.88. The first-order chi connectivity index (χ1) is 10.1. The molecule has 5 nitrogen and oxygen atoms in total. The van der Waals surface area contributed by atoms with E-state index >= 15 is 0 Å². The van der Waals surface area contributed by atoms with Crippen LogP contribution in [0, 0.1) is 0 Å². The topological polar surface area (TPSA) is 57.5 Å². The minimum absolute atomic E-state index is 0.00674. The van der Waals surface area contributed by atoms with Gasteiger partial charge in [-0.25, -0.2) is 0 Å². The zero-order valence-electron chi connectivity index (χ0n) is 13.3. The summed E-state index contributed by atoms with van der Waals surface area (Å²) in [5, 5.41) is 0.907. The molecule has 2 rings (SSSR count). The Bertz CT molecular complexity index is 797. The van der Waals surface area contributed by atoms with Crippen molar-refractivity contribution in [2.24, 2.45) is 0 Å². The van der Waals surface area contributed by atoms with Gasteiger partial charge in [0.15, 0.2) is 5.88 Å². The summed E-state index contributed by atoms with van der Waals surface area (Å²) in [5.74, 6) is 0.517. The number of benzene rings is 1. The second-order valence-electron chi connectivity index (χ2n) is 6.11. The zero-order chi connectivity index (χ0) is 16.5. The van der Waals surface area contributed by atoms with Crippen LogP contribution in [0.25, 0.3) is 16.8 Å². The van der Waals surface area contributed by atoms with Gasteiger partial charge in [-0.05, 0) is 45.0 Å². The van der Waals surface area contributed by atoms with Crippen molar-refractivity contribution in [3.05, 3.63) is 42.6 Å². The van der Waals surface area contributed by atoms with Gasteiger partial charge in [0, 0.05) is 11.6 Å². The van der Waals surface area contributed by atoms with Gasteiger partial charge in [0.2, 0.25) is 0 Å². The van der Waals surface area contributed by atoms with E-state index < -0.39 is 10.1 Å². The monoisotopic (exact) mass is 323 g/mol. The molecule has 0 amide bonds. The van der Waals surface area contributed by atoms with Crippen LogP contribution in [0.4, 0.5) is 0 Å². The van der Waals surface area contributed by atoms with E-state index in [0.717, 1.165) is 22.7 Å². The van der Waals surface area contributed by atoms with Crippen LogP contribution in [0.5, 0.6) is 0 Å². The third kappa shape index (κ3) is 4.11. The molecule has 0 radical (unpaired) electrons. The lowest BCUT2D eigenvalue weighted by atomic mass is 10.1. The zero-order valence-corrected chi connectivity index (χ0v) is 14.1. The molecule has 6 heteroatoms. The van der Waals surface area contributed by atoms with Gasteiger partial charge in [-0.15, -0.1) is 0 Å². The Hall–Kier alpha value is -1.79. The average Bonchev–Trinajstić information content (AvgIpc) is 2.77. The van der Waals surface area contributed by atoms with Gasteiger partial charge in [-0.1, -0.05) is 12.1 Å². The fraction of sp³-hybridized carbons (Fsp3) is 0.375. The fourth-order valence-corrected chi connectivity index (χ4v) is 2.49. The average molecular weight is 323 g/mol. The third-order valence-electron chi connectivity index (χ3n) is 2.94. The summed E-state index contributed by atoms with van der Waals surface area (Å²) in [6, 6.07) is 7.51. The van der Waals surface area contributed by atoms with E-state index in [1.54, 1.807) is 0 Å². The van der Waals surface area contributed by atoms with Crippen LogP contribution in [0.15, 0.2) is 37.0 Å². The van der Waals surface area contributed by atoms with E-state index in [1.165, 1.54) is 0 Å². The summed E-state index contributed by atoms with van der Waals surface area (Å²) in [6.45, 7) is 9.83. The van der Waals surface area contributed by atoms with Crippen molar-refractivity contribution in [2.45, 2.75) is 33.0 Å². The predicted molar refractivity (Wildman–Crippen MR) is 87.7 cm³/mol. The fourth-order valence-electron chi connectivity index (χ4n) is 2.15. The van der Waals surface area contributed by atoms with Gasteiger partial charge in [-0.2, -0.15) is 8.42 Å². The predicted octanol–water partition coefficient (Wildman–Crippen LogP) is 3.36. The Morgan fingerprint density at radius 1 is 1.27 bits per heavy atom. The number of ether oxygens (including phenoxy) is 1. The van der Waals surface area contributed by atoms with Gasteiger partial charge >= 0.3 is 0 Å². The maximum Gasteiger partial charge on any atom is 0.264 e. The van der Waals surface area contributed by atoms with Crippen LogP contribution < -0.4 is 0 Å². The molecule has 22 heavy (non-hydrogen) atoms. The summed E-state index contributed by atoms with van der Waals surface area (Å²) in [6.07, 6.45) is 2.89. The van der Waals surface area contributed by atoms with Crippen LogP contribution >= 0.6 is 0 Å². The van der Waals surface area contributed by atoms with Gasteiger partial charge in [0.25, 0.3) is 10.1 Å². The molecule has 0 atom stereocenters. The van der Waals surface area contributed by atoms with Crippen molar-refractivity contribution >= 4 is 26.9 Å². The standard InChI is InChI=1S/C16H21NO4S/c1-12(21-16(2,3)4)17-10-9-14-13(7-6-8-15(14)17)11-20-22(5,18)19/h6-10H,1,11H2,2-5H3. The molecule has 0 bridgehead atoms. The van der Waals surface area contributed by atoms with E-state index in [-0.39, 0.29) is 12.2 Å². The van der Waals surface area contributed by atoms with Crippen molar-refractivity contribution in [3.63, 3.8) is 0 Å². The number of rotatable bonds is 5. The van der Waals surface area contributed by atoms with Gasteiger partial charge in [-0.3, -0.25) is 8.75 Å². The molecule has 120 valence electrons. The Labute approximate surface area is 131 Å². The maximum absolute atomic E-state index is 11.1. The van der Waals surface area contributed by atoms with E-state index in [0.29, 0.717) is 5.88 Å². The lowest BCUT2D eigenvalue weighted by molar-refractivity contribution is 0.0877. The molecule has 0 N–H and O–H groups in total. The molecule has 0 fully saturated rings. The first-order valence-corrected chi connectivity index (χ1v) is 8.70. The van der Waals surface area contributed by atoms with Crippen LogP contribution in [0.1, 0.15) is 26.3 Å². The molecular weight excluding hydrogens is 302 g/mol. The molecule has 1 heterocycles. The number of aromatic nitrogens is 1. The lowest BCUT2D eigenvalue weighted by Gasteiger charge is -2.23. The lowest BCUT2D eigenvalue weighted by Crippen LogP contribution is -2.19. The van der Waals surface area contributed by atoms with Gasteiger partial charge < -0.3 is 4.74 Å². The van der Waals surface area contributed by atoms with Crippen LogP contribution in [-0.4, -0.2) is 24.8 Å². The highest BCUT2D eigenvalue weighted by molar-refractivity contribution is 7.85. The highest BCUT2D eigenvalue weighted by atomic mass is 32.2. The molecule has 1 aromatic heterocycles. The minimum atomic E-state index is -3.47. The highest BCUT2D eigenvalue weighted by Crippen LogP contribution is 2.26. The molecule has 0 spiro atoms.